The Morgan fingerprint density at radius 2 is 2.38 bits per heavy atom. The molecule has 0 saturated heterocycles. The van der Waals surface area contributed by atoms with Gasteiger partial charge in [-0.2, -0.15) is 5.43 Å². The van der Waals surface area contributed by atoms with Crippen molar-refractivity contribution in [3.05, 3.63) is 24.4 Å². The first-order chi connectivity index (χ1) is 3.93. The predicted octanol–water partition coefficient (Wildman–Crippen LogP) is 0.191. The molecule has 1 aromatic rings. The fourth-order valence-electron chi connectivity index (χ4n) is 0.430. The van der Waals surface area contributed by atoms with E-state index in [1.807, 2.05) is 12.1 Å². The normalized spacial score (nSPS) is 8.62. The first-order valence-corrected chi connectivity index (χ1v) is 2.25. The molecule has 0 unspecified atom stereocenters. The van der Waals surface area contributed by atoms with Gasteiger partial charge in [0.2, 0.25) is 0 Å². The second-order valence-electron chi connectivity index (χ2n) is 1.32. The molecular weight excluding hydrogens is 102 g/mol. The van der Waals surface area contributed by atoms with Crippen molar-refractivity contribution in [3.63, 3.8) is 0 Å². The highest BCUT2D eigenvalue weighted by atomic mass is 15.2. The summed E-state index contributed by atoms with van der Waals surface area (Å²) < 4.78 is 0. The highest BCUT2D eigenvalue weighted by Gasteiger charge is 1.82. The molecule has 0 aliphatic carbocycles. The topological polar surface area (TPSA) is 53.0 Å². The highest BCUT2D eigenvalue weighted by molar-refractivity contribution is 5.22. The van der Waals surface area contributed by atoms with Crippen molar-refractivity contribution in [2.24, 2.45) is 5.84 Å². The smallest absolute Gasteiger partial charge is 0.165 e. The van der Waals surface area contributed by atoms with Gasteiger partial charge in [0, 0.05) is 6.20 Å². The summed E-state index contributed by atoms with van der Waals surface area (Å²) in [6, 6.07) is 5.38. The molecule has 0 bridgehead atoms. The summed E-state index contributed by atoms with van der Waals surface area (Å²) in [6.07, 6.45) is 1.64. The van der Waals surface area contributed by atoms with Gasteiger partial charge in [-0.05, 0) is 12.1 Å². The fourth-order valence-corrected chi connectivity index (χ4v) is 0.430. The molecule has 2 N–H and O–H groups in total. The molecule has 0 aliphatic heterocycles. The number of nitrogens with zero attached hydrogens (tertiary/aromatic N) is 2. The zero-order valence-electron chi connectivity index (χ0n) is 4.28. The molecule has 8 heavy (non-hydrogen) atoms. The van der Waals surface area contributed by atoms with Crippen LogP contribution in [-0.4, -0.2) is 4.98 Å². The zero-order valence-corrected chi connectivity index (χ0v) is 4.28. The van der Waals surface area contributed by atoms with Crippen LogP contribution in [0.5, 0.6) is 0 Å². The minimum Gasteiger partial charge on any atom is -0.236 e. The van der Waals surface area contributed by atoms with Crippen molar-refractivity contribution in [3.8, 4) is 0 Å². The van der Waals surface area contributed by atoms with Crippen molar-refractivity contribution in [1.82, 2.24) is 10.4 Å². The summed E-state index contributed by atoms with van der Waals surface area (Å²) in [4.78, 5) is 3.81. The molecule has 3 nitrogen and oxygen atoms in total. The molecule has 1 radical (unpaired) electrons. The van der Waals surface area contributed by atoms with Crippen LogP contribution >= 0.6 is 0 Å². The van der Waals surface area contributed by atoms with Gasteiger partial charge in [-0.25, -0.2) is 10.8 Å². The van der Waals surface area contributed by atoms with E-state index in [0.717, 1.165) is 0 Å². The number of rotatable bonds is 1. The van der Waals surface area contributed by atoms with E-state index in [2.05, 4.69) is 10.4 Å². The van der Waals surface area contributed by atoms with E-state index >= 15 is 0 Å². The Kier molecular flexibility index (Phi) is 1.44. The maximum Gasteiger partial charge on any atom is 0.165 e. The molecule has 0 saturated carbocycles. The van der Waals surface area contributed by atoms with Crippen molar-refractivity contribution in [1.29, 1.82) is 0 Å². The molecular formula is C5H6N3. The number of hydrogen-bond acceptors (Lipinski definition) is 2. The second kappa shape index (κ2) is 2.28. The van der Waals surface area contributed by atoms with E-state index in [1.54, 1.807) is 12.3 Å². The van der Waals surface area contributed by atoms with Crippen molar-refractivity contribution >= 4 is 5.82 Å². The Hall–Kier alpha value is -1.09. The second-order valence-corrected chi connectivity index (χ2v) is 1.32. The minimum atomic E-state index is 0.563. The molecule has 0 spiro atoms. The third kappa shape index (κ3) is 0.946. The van der Waals surface area contributed by atoms with Crippen LogP contribution in [0.4, 0.5) is 5.82 Å². The Balaban J connectivity index is 2.83. The number of nitrogens with two attached hydrogens (primary N) is 1. The molecule has 0 amide bonds. The lowest BCUT2D eigenvalue weighted by Gasteiger charge is -1.88. The lowest BCUT2D eigenvalue weighted by atomic mass is 10.5. The molecule has 1 heterocycles. The average Bonchev–Trinajstić information content (AvgIpc) is 1.90. The SMILES string of the molecule is N[N]c1ccccn1. The Labute approximate surface area is 47.5 Å². The fraction of sp³-hybridized carbons (Fsp3) is 0. The van der Waals surface area contributed by atoms with Crippen LogP contribution in [0, 0.1) is 0 Å². The van der Waals surface area contributed by atoms with Gasteiger partial charge in [0.1, 0.15) is 0 Å². The summed E-state index contributed by atoms with van der Waals surface area (Å²) in [5.41, 5.74) is 3.36. The Morgan fingerprint density at radius 1 is 1.50 bits per heavy atom. The molecule has 41 valence electrons. The third-order valence-corrected chi connectivity index (χ3v) is 0.782. The van der Waals surface area contributed by atoms with Crippen molar-refractivity contribution < 1.29 is 0 Å². The zero-order chi connectivity index (χ0) is 5.82. The van der Waals surface area contributed by atoms with Gasteiger partial charge in [0.05, 0.1) is 0 Å². The third-order valence-electron chi connectivity index (χ3n) is 0.782. The quantitative estimate of drug-likeness (QED) is 0.412. The summed E-state index contributed by atoms with van der Waals surface area (Å²) in [5, 5.41) is 0. The maximum absolute atomic E-state index is 4.91. The van der Waals surface area contributed by atoms with E-state index in [4.69, 9.17) is 5.84 Å². The van der Waals surface area contributed by atoms with Crippen LogP contribution in [0.15, 0.2) is 24.4 Å². The monoisotopic (exact) mass is 108 g/mol. The van der Waals surface area contributed by atoms with E-state index < -0.39 is 0 Å². The van der Waals surface area contributed by atoms with Gasteiger partial charge in [0.25, 0.3) is 0 Å². The van der Waals surface area contributed by atoms with E-state index in [1.165, 1.54) is 0 Å². The summed E-state index contributed by atoms with van der Waals surface area (Å²) in [6.45, 7) is 0. The molecule has 0 atom stereocenters. The van der Waals surface area contributed by atoms with Crippen molar-refractivity contribution in [2.45, 2.75) is 0 Å². The maximum atomic E-state index is 4.91. The van der Waals surface area contributed by atoms with Crippen LogP contribution in [0.25, 0.3) is 0 Å². The van der Waals surface area contributed by atoms with Gasteiger partial charge < -0.3 is 0 Å². The first-order valence-electron chi connectivity index (χ1n) is 2.25. The van der Waals surface area contributed by atoms with Crippen LogP contribution in [0.1, 0.15) is 0 Å². The van der Waals surface area contributed by atoms with Gasteiger partial charge in [-0.15, -0.1) is 0 Å². The standard InChI is InChI=1S/C5H6N3/c6-8-5-3-1-2-4-7-5/h1-4H,6H2. The molecule has 0 aliphatic rings. The van der Waals surface area contributed by atoms with Crippen LogP contribution in [0.3, 0.4) is 0 Å². The minimum absolute atomic E-state index is 0.563. The number of aromatic nitrogens is 1. The first kappa shape index (κ1) is 5.05. The predicted molar refractivity (Wildman–Crippen MR) is 30.2 cm³/mol. The molecule has 0 fully saturated rings. The highest BCUT2D eigenvalue weighted by Crippen LogP contribution is 1.94. The van der Waals surface area contributed by atoms with Gasteiger partial charge in [-0.1, -0.05) is 6.07 Å². The average molecular weight is 108 g/mol. The Morgan fingerprint density at radius 3 is 2.75 bits per heavy atom. The molecule has 3 heteroatoms. The molecule has 1 aromatic heterocycles. The van der Waals surface area contributed by atoms with E-state index in [0.29, 0.717) is 5.82 Å². The van der Waals surface area contributed by atoms with Crippen LogP contribution in [-0.2, 0) is 0 Å². The summed E-state index contributed by atoms with van der Waals surface area (Å²) in [5.74, 6) is 5.47. The summed E-state index contributed by atoms with van der Waals surface area (Å²) >= 11 is 0. The van der Waals surface area contributed by atoms with Gasteiger partial charge in [-0.3, -0.25) is 0 Å². The number of pyridine rings is 1. The molecule has 0 aromatic carbocycles. The number of hydrogen-bond donors (Lipinski definition) is 1. The van der Waals surface area contributed by atoms with E-state index in [9.17, 15) is 0 Å². The van der Waals surface area contributed by atoms with Crippen LogP contribution < -0.4 is 11.3 Å². The lowest BCUT2D eigenvalue weighted by Crippen LogP contribution is -2.05. The van der Waals surface area contributed by atoms with Crippen LogP contribution in [0.2, 0.25) is 0 Å². The van der Waals surface area contributed by atoms with E-state index in [-0.39, 0.29) is 0 Å². The van der Waals surface area contributed by atoms with Gasteiger partial charge in [0.15, 0.2) is 5.82 Å². The molecule has 1 rings (SSSR count). The Bertz CT molecular complexity index is 149. The largest absolute Gasteiger partial charge is 0.236 e. The summed E-state index contributed by atoms with van der Waals surface area (Å²) in [7, 11) is 0. The van der Waals surface area contributed by atoms with Gasteiger partial charge >= 0.3 is 0 Å². The lowest BCUT2D eigenvalue weighted by molar-refractivity contribution is 0.919. The van der Waals surface area contributed by atoms with Crippen molar-refractivity contribution in [2.75, 3.05) is 0 Å².